The number of nitrogens with one attached hydrogen (secondary N) is 1. The minimum absolute atomic E-state index is 0.0313. The molecule has 0 atom stereocenters. The Hall–Kier alpha value is -3.75. The van der Waals surface area contributed by atoms with E-state index in [0.29, 0.717) is 10.9 Å². The fourth-order valence-corrected chi connectivity index (χ4v) is 2.38. The van der Waals surface area contributed by atoms with Crippen LogP contribution in [0.1, 0.15) is 16.2 Å². The van der Waals surface area contributed by atoms with Gasteiger partial charge in [0.05, 0.1) is 28.5 Å². The van der Waals surface area contributed by atoms with Crippen LogP contribution in [-0.2, 0) is 11.3 Å². The molecule has 0 fully saturated rings. The van der Waals surface area contributed by atoms with Crippen LogP contribution in [0.15, 0.2) is 47.3 Å². The third kappa shape index (κ3) is 3.36. The molecule has 0 amide bonds. The van der Waals surface area contributed by atoms with E-state index in [1.807, 2.05) is 0 Å². The maximum atomic E-state index is 12.0. The molecule has 0 bridgehead atoms. The normalized spacial score (nSPS) is 10.5. The quantitative estimate of drug-likeness (QED) is 0.422. The Morgan fingerprint density at radius 3 is 2.77 bits per heavy atom. The number of nitro groups is 1. The van der Waals surface area contributed by atoms with E-state index in [1.165, 1.54) is 19.2 Å². The summed E-state index contributed by atoms with van der Waals surface area (Å²) in [6.07, 6.45) is 0. The van der Waals surface area contributed by atoms with Crippen LogP contribution < -0.4 is 10.3 Å². The zero-order valence-electron chi connectivity index (χ0n) is 13.6. The molecule has 26 heavy (non-hydrogen) atoms. The Morgan fingerprint density at radius 1 is 1.27 bits per heavy atom. The molecule has 0 saturated heterocycles. The lowest BCUT2D eigenvalue weighted by molar-refractivity contribution is -0.386. The first-order valence-electron chi connectivity index (χ1n) is 7.47. The molecule has 2 aromatic carbocycles. The molecule has 9 heteroatoms. The van der Waals surface area contributed by atoms with Gasteiger partial charge in [-0.2, -0.15) is 0 Å². The number of hydrogen-bond acceptors (Lipinski definition) is 7. The number of carbonyl (C=O) groups excluding carboxylic acids is 1. The number of H-pyrrole nitrogens is 1. The SMILES string of the molecule is COC(=O)c1ccc(OCc2nc3ccccc3c(=O)[nH]2)c([N+](=O)[O-])c1. The molecule has 3 aromatic rings. The van der Waals surface area contributed by atoms with Crippen molar-refractivity contribution in [3.8, 4) is 5.75 Å². The van der Waals surface area contributed by atoms with E-state index in [1.54, 1.807) is 24.3 Å². The maximum absolute atomic E-state index is 12.0. The van der Waals surface area contributed by atoms with Crippen molar-refractivity contribution in [2.75, 3.05) is 7.11 Å². The highest BCUT2D eigenvalue weighted by molar-refractivity contribution is 5.90. The smallest absolute Gasteiger partial charge is 0.338 e. The molecule has 3 rings (SSSR count). The minimum Gasteiger partial charge on any atom is -0.479 e. The molecular weight excluding hydrogens is 342 g/mol. The average Bonchev–Trinajstić information content (AvgIpc) is 2.65. The van der Waals surface area contributed by atoms with Gasteiger partial charge in [-0.3, -0.25) is 14.9 Å². The Morgan fingerprint density at radius 2 is 2.04 bits per heavy atom. The number of esters is 1. The van der Waals surface area contributed by atoms with E-state index in [4.69, 9.17) is 4.74 Å². The third-order valence-corrected chi connectivity index (χ3v) is 3.60. The summed E-state index contributed by atoms with van der Waals surface area (Å²) in [6.45, 7) is -0.182. The van der Waals surface area contributed by atoms with Crippen LogP contribution in [-0.4, -0.2) is 28.0 Å². The van der Waals surface area contributed by atoms with Crippen molar-refractivity contribution in [2.45, 2.75) is 6.61 Å². The summed E-state index contributed by atoms with van der Waals surface area (Å²) >= 11 is 0. The lowest BCUT2D eigenvalue weighted by Crippen LogP contribution is -2.14. The van der Waals surface area contributed by atoms with Crippen molar-refractivity contribution in [3.63, 3.8) is 0 Å². The molecule has 132 valence electrons. The Balaban J connectivity index is 1.89. The van der Waals surface area contributed by atoms with Gasteiger partial charge in [-0.25, -0.2) is 9.78 Å². The maximum Gasteiger partial charge on any atom is 0.338 e. The van der Waals surface area contributed by atoms with Crippen LogP contribution >= 0.6 is 0 Å². The number of benzene rings is 2. The standard InChI is InChI=1S/C17H13N3O6/c1-25-17(22)10-6-7-14(13(8-10)20(23)24)26-9-15-18-12-5-3-2-4-11(12)16(21)19-15/h2-8H,9H2,1H3,(H,18,19,21). The zero-order chi connectivity index (χ0) is 18.7. The summed E-state index contributed by atoms with van der Waals surface area (Å²) in [5.41, 5.74) is -0.199. The fourth-order valence-electron chi connectivity index (χ4n) is 2.38. The second-order valence-corrected chi connectivity index (χ2v) is 5.25. The summed E-state index contributed by atoms with van der Waals surface area (Å²) in [4.78, 5) is 40.9. The van der Waals surface area contributed by atoms with E-state index in [9.17, 15) is 19.7 Å². The van der Waals surface area contributed by atoms with Gasteiger partial charge in [0.1, 0.15) is 12.4 Å². The lowest BCUT2D eigenvalue weighted by Gasteiger charge is -2.08. The molecular formula is C17H13N3O6. The van der Waals surface area contributed by atoms with Crippen LogP contribution in [0.5, 0.6) is 5.75 Å². The average molecular weight is 355 g/mol. The topological polar surface area (TPSA) is 124 Å². The molecule has 1 aromatic heterocycles. The van der Waals surface area contributed by atoms with Crippen molar-refractivity contribution in [3.05, 3.63) is 74.3 Å². The molecule has 0 aliphatic heterocycles. The monoisotopic (exact) mass is 355 g/mol. The largest absolute Gasteiger partial charge is 0.479 e. The molecule has 1 heterocycles. The first-order chi connectivity index (χ1) is 12.5. The van der Waals surface area contributed by atoms with Crippen LogP contribution in [0.25, 0.3) is 10.9 Å². The van der Waals surface area contributed by atoms with Crippen molar-refractivity contribution in [1.29, 1.82) is 0 Å². The Kier molecular flexibility index (Phi) is 4.61. The molecule has 9 nitrogen and oxygen atoms in total. The van der Waals surface area contributed by atoms with Gasteiger partial charge >= 0.3 is 11.7 Å². The van der Waals surface area contributed by atoms with Gasteiger partial charge < -0.3 is 14.5 Å². The number of para-hydroxylation sites is 1. The molecule has 0 spiro atoms. The summed E-state index contributed by atoms with van der Waals surface area (Å²) in [6, 6.07) is 10.5. The summed E-state index contributed by atoms with van der Waals surface area (Å²) in [5.74, 6) is -0.529. The second-order valence-electron chi connectivity index (χ2n) is 5.25. The lowest BCUT2D eigenvalue weighted by atomic mass is 10.2. The first kappa shape index (κ1) is 17.1. The van der Waals surface area contributed by atoms with Crippen LogP contribution in [0.3, 0.4) is 0 Å². The highest BCUT2D eigenvalue weighted by atomic mass is 16.6. The van der Waals surface area contributed by atoms with Crippen LogP contribution in [0, 0.1) is 10.1 Å². The predicted octanol–water partition coefficient (Wildman–Crippen LogP) is 2.20. The number of carbonyl (C=O) groups is 1. The number of aromatic nitrogens is 2. The van der Waals surface area contributed by atoms with Gasteiger partial charge in [0, 0.05) is 6.07 Å². The van der Waals surface area contributed by atoms with Gasteiger partial charge in [0.2, 0.25) is 0 Å². The Bertz CT molecular complexity index is 1060. The van der Waals surface area contributed by atoms with Crippen molar-refractivity contribution in [2.24, 2.45) is 0 Å². The van der Waals surface area contributed by atoms with Gasteiger partial charge in [-0.1, -0.05) is 12.1 Å². The number of rotatable bonds is 5. The predicted molar refractivity (Wildman–Crippen MR) is 91.1 cm³/mol. The van der Waals surface area contributed by atoms with Gasteiger partial charge in [-0.05, 0) is 24.3 Å². The van der Waals surface area contributed by atoms with Crippen LogP contribution in [0.4, 0.5) is 5.69 Å². The molecule has 1 N–H and O–H groups in total. The fraction of sp³-hybridized carbons (Fsp3) is 0.118. The number of nitro benzene ring substituents is 1. The number of hydrogen-bond donors (Lipinski definition) is 1. The number of ether oxygens (including phenoxy) is 2. The molecule has 0 aliphatic rings. The van der Waals surface area contributed by atoms with Gasteiger partial charge in [0.15, 0.2) is 5.75 Å². The third-order valence-electron chi connectivity index (χ3n) is 3.60. The van der Waals surface area contributed by atoms with E-state index in [-0.39, 0.29) is 29.3 Å². The van der Waals surface area contributed by atoms with E-state index in [2.05, 4.69) is 14.7 Å². The van der Waals surface area contributed by atoms with Gasteiger partial charge in [-0.15, -0.1) is 0 Å². The van der Waals surface area contributed by atoms with Crippen LogP contribution in [0.2, 0.25) is 0 Å². The number of fused-ring (bicyclic) bond motifs is 1. The highest BCUT2D eigenvalue weighted by Crippen LogP contribution is 2.28. The van der Waals surface area contributed by atoms with Crippen molar-refractivity contribution >= 4 is 22.6 Å². The molecule has 0 unspecified atom stereocenters. The van der Waals surface area contributed by atoms with Crippen molar-refractivity contribution < 1.29 is 19.2 Å². The minimum atomic E-state index is -0.694. The summed E-state index contributed by atoms with van der Waals surface area (Å²) < 4.78 is 9.97. The summed E-state index contributed by atoms with van der Waals surface area (Å²) in [5, 5.41) is 11.7. The van der Waals surface area contributed by atoms with Gasteiger partial charge in [0.25, 0.3) is 5.56 Å². The molecule has 0 saturated carbocycles. The first-order valence-corrected chi connectivity index (χ1v) is 7.47. The number of methoxy groups -OCH3 is 1. The number of nitrogens with zero attached hydrogens (tertiary/aromatic N) is 2. The highest BCUT2D eigenvalue weighted by Gasteiger charge is 2.19. The van der Waals surface area contributed by atoms with Crippen molar-refractivity contribution in [1.82, 2.24) is 9.97 Å². The molecule has 0 aliphatic carbocycles. The Labute approximate surface area is 146 Å². The zero-order valence-corrected chi connectivity index (χ0v) is 13.6. The van der Waals surface area contributed by atoms with E-state index < -0.39 is 16.6 Å². The van der Waals surface area contributed by atoms with E-state index >= 15 is 0 Å². The summed E-state index contributed by atoms with van der Waals surface area (Å²) in [7, 11) is 1.18. The second kappa shape index (κ2) is 7.01. The number of aromatic amines is 1. The molecule has 0 radical (unpaired) electrons. The van der Waals surface area contributed by atoms with E-state index in [0.717, 1.165) is 6.07 Å².